The summed E-state index contributed by atoms with van der Waals surface area (Å²) in [5.41, 5.74) is 0.313. The molecule has 0 aliphatic heterocycles. The molecule has 9 heteroatoms. The zero-order valence-electron chi connectivity index (χ0n) is 14.6. The van der Waals surface area contributed by atoms with Gasteiger partial charge in [-0.15, -0.1) is 0 Å². The Morgan fingerprint density at radius 1 is 1.00 bits per heavy atom. The Hall–Kier alpha value is -2.40. The Labute approximate surface area is 167 Å². The van der Waals surface area contributed by atoms with Gasteiger partial charge in [-0.1, -0.05) is 23.2 Å². The van der Waals surface area contributed by atoms with Crippen molar-refractivity contribution in [1.29, 1.82) is 5.26 Å². The second-order valence-electron chi connectivity index (χ2n) is 5.15. The topological polar surface area (TPSA) is 85.6 Å². The number of hydrogen-bond donors (Lipinski definition) is 0. The van der Waals surface area contributed by atoms with Crippen LogP contribution in [0.2, 0.25) is 10.0 Å². The third kappa shape index (κ3) is 4.30. The van der Waals surface area contributed by atoms with Crippen molar-refractivity contribution in [1.82, 2.24) is 0 Å². The lowest BCUT2D eigenvalue weighted by atomic mass is 10.1. The number of ether oxygens (including phenoxy) is 3. The summed E-state index contributed by atoms with van der Waals surface area (Å²) >= 11 is 11.9. The van der Waals surface area contributed by atoms with Gasteiger partial charge in [0.2, 0.25) is 9.84 Å². The van der Waals surface area contributed by atoms with Crippen molar-refractivity contribution < 1.29 is 22.6 Å². The summed E-state index contributed by atoms with van der Waals surface area (Å²) in [4.78, 5) is -0.791. The smallest absolute Gasteiger partial charge is 0.218 e. The predicted octanol–water partition coefficient (Wildman–Crippen LogP) is 4.36. The number of sulfone groups is 1. The predicted molar refractivity (Wildman–Crippen MR) is 103 cm³/mol. The highest BCUT2D eigenvalue weighted by atomic mass is 35.5. The van der Waals surface area contributed by atoms with Gasteiger partial charge in [0, 0.05) is 16.7 Å². The number of benzene rings is 2. The second-order valence-corrected chi connectivity index (χ2v) is 7.88. The first kappa shape index (κ1) is 20.9. The molecule has 0 N–H and O–H groups in total. The van der Waals surface area contributed by atoms with E-state index in [-0.39, 0.29) is 14.9 Å². The number of nitrogens with zero attached hydrogens (tertiary/aromatic N) is 1. The minimum atomic E-state index is -4.21. The van der Waals surface area contributed by atoms with Gasteiger partial charge in [0.1, 0.15) is 16.7 Å². The summed E-state index contributed by atoms with van der Waals surface area (Å²) in [7, 11) is 0.0964. The molecule has 0 aliphatic rings. The zero-order chi connectivity index (χ0) is 20.2. The minimum absolute atomic E-state index is 0.0418. The van der Waals surface area contributed by atoms with Crippen molar-refractivity contribution in [3.05, 3.63) is 50.8 Å². The van der Waals surface area contributed by atoms with Gasteiger partial charge in [-0.05, 0) is 30.3 Å². The van der Waals surface area contributed by atoms with E-state index in [0.717, 1.165) is 0 Å². The summed E-state index contributed by atoms with van der Waals surface area (Å²) in [5, 5.41) is 9.60. The Morgan fingerprint density at radius 2 is 1.59 bits per heavy atom. The lowest BCUT2D eigenvalue weighted by Crippen LogP contribution is -2.05. The van der Waals surface area contributed by atoms with E-state index < -0.39 is 14.7 Å². The van der Waals surface area contributed by atoms with Gasteiger partial charge in [-0.2, -0.15) is 5.26 Å². The van der Waals surface area contributed by atoms with Crippen LogP contribution >= 0.6 is 23.2 Å². The van der Waals surface area contributed by atoms with Gasteiger partial charge in [0.15, 0.2) is 11.5 Å². The van der Waals surface area contributed by atoms with Crippen molar-refractivity contribution in [3.8, 4) is 23.3 Å². The van der Waals surface area contributed by atoms with Crippen molar-refractivity contribution in [2.45, 2.75) is 4.90 Å². The van der Waals surface area contributed by atoms with E-state index in [1.807, 2.05) is 0 Å². The van der Waals surface area contributed by atoms with Crippen molar-refractivity contribution >= 4 is 39.1 Å². The summed E-state index contributed by atoms with van der Waals surface area (Å²) in [6, 6.07) is 8.72. The van der Waals surface area contributed by atoms with Crippen LogP contribution in [0.3, 0.4) is 0 Å². The number of rotatable bonds is 6. The molecule has 0 spiro atoms. The average molecular weight is 428 g/mol. The van der Waals surface area contributed by atoms with E-state index in [9.17, 15) is 13.7 Å². The van der Waals surface area contributed by atoms with Gasteiger partial charge in [0.25, 0.3) is 0 Å². The Bertz CT molecular complexity index is 1040. The van der Waals surface area contributed by atoms with Crippen LogP contribution in [-0.4, -0.2) is 29.7 Å². The van der Waals surface area contributed by atoms with Gasteiger partial charge >= 0.3 is 0 Å². The molecular formula is C18H15Cl2NO5S. The molecule has 6 nitrogen and oxygen atoms in total. The van der Waals surface area contributed by atoms with E-state index in [1.165, 1.54) is 57.7 Å². The number of halogens is 2. The Morgan fingerprint density at radius 3 is 2.15 bits per heavy atom. The first-order valence-electron chi connectivity index (χ1n) is 7.40. The zero-order valence-corrected chi connectivity index (χ0v) is 16.9. The lowest BCUT2D eigenvalue weighted by Gasteiger charge is -2.13. The quantitative estimate of drug-likeness (QED) is 0.636. The molecule has 0 heterocycles. The first-order valence-corrected chi connectivity index (χ1v) is 9.64. The van der Waals surface area contributed by atoms with E-state index in [1.54, 1.807) is 6.07 Å². The average Bonchev–Trinajstić information content (AvgIpc) is 2.66. The van der Waals surface area contributed by atoms with Crippen molar-refractivity contribution in [2.24, 2.45) is 0 Å². The molecule has 0 unspecified atom stereocenters. The van der Waals surface area contributed by atoms with Crippen LogP contribution in [0.25, 0.3) is 6.08 Å². The molecule has 0 atom stereocenters. The highest BCUT2D eigenvalue weighted by Crippen LogP contribution is 2.37. The molecule has 0 aromatic heterocycles. The molecule has 2 aromatic carbocycles. The maximum Gasteiger partial charge on any atom is 0.218 e. The fraction of sp³-hybridized carbons (Fsp3) is 0.167. The molecule has 0 bridgehead atoms. The molecule has 0 fully saturated rings. The maximum absolute atomic E-state index is 12.9. The van der Waals surface area contributed by atoms with Gasteiger partial charge < -0.3 is 14.2 Å². The van der Waals surface area contributed by atoms with Crippen LogP contribution in [0.1, 0.15) is 5.56 Å². The summed E-state index contributed by atoms with van der Waals surface area (Å²) in [6.07, 6.45) is 1.17. The molecule has 142 valence electrons. The normalized spacial score (nSPS) is 11.6. The fourth-order valence-corrected chi connectivity index (χ4v) is 4.18. The SMILES string of the molecule is COc1cc(OC)c(OC)cc1/C=C(/C#N)S(=O)(=O)c1cc(Cl)ccc1Cl. The first-order chi connectivity index (χ1) is 12.8. The fourth-order valence-electron chi connectivity index (χ4n) is 2.28. The van der Waals surface area contributed by atoms with Crippen LogP contribution < -0.4 is 14.2 Å². The van der Waals surface area contributed by atoms with E-state index in [4.69, 9.17) is 37.4 Å². The van der Waals surface area contributed by atoms with Crippen LogP contribution in [-0.2, 0) is 9.84 Å². The van der Waals surface area contributed by atoms with E-state index in [0.29, 0.717) is 22.8 Å². The van der Waals surface area contributed by atoms with Crippen molar-refractivity contribution in [2.75, 3.05) is 21.3 Å². The molecule has 0 saturated carbocycles. The van der Waals surface area contributed by atoms with Crippen molar-refractivity contribution in [3.63, 3.8) is 0 Å². The number of hydrogen-bond acceptors (Lipinski definition) is 6. The Kier molecular flexibility index (Phi) is 6.60. The standard InChI is InChI=1S/C18H15Cl2NO5S/c1-24-15-9-17(26-3)16(25-2)7-11(15)6-13(10-21)27(22,23)18-8-12(19)4-5-14(18)20/h4-9H,1-3H3/b13-6-. The highest BCUT2D eigenvalue weighted by Gasteiger charge is 2.25. The van der Waals surface area contributed by atoms with Gasteiger partial charge in [-0.25, -0.2) is 8.42 Å². The molecule has 27 heavy (non-hydrogen) atoms. The van der Waals surface area contributed by atoms with E-state index >= 15 is 0 Å². The molecule has 2 aromatic rings. The molecule has 0 aliphatic carbocycles. The van der Waals surface area contributed by atoms with E-state index in [2.05, 4.69) is 0 Å². The number of allylic oxidation sites excluding steroid dienone is 1. The minimum Gasteiger partial charge on any atom is -0.496 e. The maximum atomic E-state index is 12.9. The third-order valence-corrected chi connectivity index (χ3v) is 5.99. The molecule has 0 saturated heterocycles. The monoisotopic (exact) mass is 427 g/mol. The third-order valence-electron chi connectivity index (χ3n) is 3.60. The largest absolute Gasteiger partial charge is 0.496 e. The number of methoxy groups -OCH3 is 3. The summed E-state index contributed by atoms with van der Waals surface area (Å²) < 4.78 is 41.4. The Balaban J connectivity index is 2.69. The lowest BCUT2D eigenvalue weighted by molar-refractivity contribution is 0.348. The van der Waals surface area contributed by atoms with Crippen LogP contribution in [0.5, 0.6) is 17.2 Å². The van der Waals surface area contributed by atoms with Gasteiger partial charge in [0.05, 0.1) is 31.2 Å². The molecule has 2 rings (SSSR count). The summed E-state index contributed by atoms with van der Waals surface area (Å²) in [5.74, 6) is 1.04. The molecule has 0 amide bonds. The highest BCUT2D eigenvalue weighted by molar-refractivity contribution is 7.95. The van der Waals surface area contributed by atoms with Crippen LogP contribution in [0, 0.1) is 11.3 Å². The van der Waals surface area contributed by atoms with Gasteiger partial charge in [-0.3, -0.25) is 0 Å². The molecular weight excluding hydrogens is 413 g/mol. The van der Waals surface area contributed by atoms with Crippen LogP contribution in [0.4, 0.5) is 0 Å². The second kappa shape index (κ2) is 8.53. The number of nitriles is 1. The van der Waals surface area contributed by atoms with Crippen LogP contribution in [0.15, 0.2) is 40.1 Å². The summed E-state index contributed by atoms with van der Waals surface area (Å²) in [6.45, 7) is 0. The molecule has 0 radical (unpaired) electrons.